The van der Waals surface area contributed by atoms with Crippen LogP contribution in [0.25, 0.3) is 0 Å². The fourth-order valence-corrected chi connectivity index (χ4v) is 6.35. The van der Waals surface area contributed by atoms with Gasteiger partial charge in [-0.25, -0.2) is 8.42 Å². The van der Waals surface area contributed by atoms with Crippen LogP contribution >= 0.6 is 0 Å². The molecule has 2 unspecified atom stereocenters. The molecule has 160 valence electrons. The monoisotopic (exact) mass is 428 g/mol. The van der Waals surface area contributed by atoms with Crippen LogP contribution in [0.2, 0.25) is 0 Å². The van der Waals surface area contributed by atoms with Crippen LogP contribution < -0.4 is 5.32 Å². The van der Waals surface area contributed by atoms with E-state index in [9.17, 15) is 13.2 Å². The highest BCUT2D eigenvalue weighted by atomic mass is 32.2. The second kappa shape index (κ2) is 8.88. The minimum atomic E-state index is -3.46. The van der Waals surface area contributed by atoms with Crippen molar-refractivity contribution in [2.75, 3.05) is 26.3 Å². The van der Waals surface area contributed by atoms with E-state index >= 15 is 0 Å². The quantitative estimate of drug-likeness (QED) is 0.766. The summed E-state index contributed by atoms with van der Waals surface area (Å²) in [7, 11) is -3.46. The molecule has 2 aliphatic heterocycles. The first-order valence-electron chi connectivity index (χ1n) is 10.5. The number of carbonyl (C=O) groups excluding carboxylic acids is 1. The smallest absolute Gasteiger partial charge is 0.251 e. The Morgan fingerprint density at radius 1 is 1.13 bits per heavy atom. The summed E-state index contributed by atoms with van der Waals surface area (Å²) in [4.78, 5) is 12.3. The van der Waals surface area contributed by atoms with Crippen LogP contribution in [0, 0.1) is 5.92 Å². The summed E-state index contributed by atoms with van der Waals surface area (Å²) in [6.45, 7) is 4.44. The van der Waals surface area contributed by atoms with E-state index in [-0.39, 0.29) is 11.9 Å². The zero-order valence-electron chi connectivity index (χ0n) is 17.2. The second-order valence-electron chi connectivity index (χ2n) is 8.11. The van der Waals surface area contributed by atoms with E-state index < -0.39 is 15.3 Å². The Morgan fingerprint density at radius 3 is 2.47 bits per heavy atom. The van der Waals surface area contributed by atoms with E-state index in [4.69, 9.17) is 4.74 Å². The molecule has 1 amide bonds. The summed E-state index contributed by atoms with van der Waals surface area (Å²) in [5.74, 6) is 0.283. The fraction of sp³-hybridized carbons (Fsp3) is 0.435. The minimum absolute atomic E-state index is 0.115. The molecule has 4 rings (SSSR count). The van der Waals surface area contributed by atoms with E-state index in [1.165, 1.54) is 0 Å². The number of hydrogen-bond donors (Lipinski definition) is 1. The number of sulfonamides is 1. The van der Waals surface area contributed by atoms with Gasteiger partial charge in [-0.05, 0) is 43.0 Å². The van der Waals surface area contributed by atoms with Gasteiger partial charge in [0.25, 0.3) is 5.91 Å². The number of hydrogen-bond acceptors (Lipinski definition) is 4. The number of carbonyl (C=O) groups is 1. The molecule has 2 aromatic carbocycles. The van der Waals surface area contributed by atoms with Gasteiger partial charge in [0.1, 0.15) is 5.25 Å². The first-order chi connectivity index (χ1) is 14.5. The molecule has 0 radical (unpaired) electrons. The Balaban J connectivity index is 1.46. The molecule has 2 atom stereocenters. The maximum atomic E-state index is 13.3. The normalized spacial score (nSPS) is 22.8. The summed E-state index contributed by atoms with van der Waals surface area (Å²) in [6, 6.07) is 16.4. The lowest BCUT2D eigenvalue weighted by Gasteiger charge is -2.36. The van der Waals surface area contributed by atoms with Gasteiger partial charge in [0, 0.05) is 30.6 Å². The van der Waals surface area contributed by atoms with Gasteiger partial charge in [0.15, 0.2) is 0 Å². The maximum Gasteiger partial charge on any atom is 0.251 e. The average molecular weight is 429 g/mol. The van der Waals surface area contributed by atoms with Crippen molar-refractivity contribution >= 4 is 15.9 Å². The number of benzene rings is 2. The van der Waals surface area contributed by atoms with Crippen LogP contribution in [-0.4, -0.2) is 44.9 Å². The molecule has 0 aromatic heterocycles. The molecule has 2 heterocycles. The van der Waals surface area contributed by atoms with Gasteiger partial charge >= 0.3 is 0 Å². The molecule has 2 saturated heterocycles. The Hall–Kier alpha value is -2.22. The van der Waals surface area contributed by atoms with E-state index in [0.717, 1.165) is 17.5 Å². The Labute approximate surface area is 178 Å². The molecule has 6 nitrogen and oxygen atoms in total. The largest absolute Gasteiger partial charge is 0.381 e. The predicted octanol–water partition coefficient (Wildman–Crippen LogP) is 3.29. The highest BCUT2D eigenvalue weighted by molar-refractivity contribution is 7.89. The molecule has 0 aliphatic carbocycles. The Kier molecular flexibility index (Phi) is 6.22. The summed E-state index contributed by atoms with van der Waals surface area (Å²) < 4.78 is 33.4. The van der Waals surface area contributed by atoms with E-state index in [2.05, 4.69) is 5.32 Å². The average Bonchev–Trinajstić information content (AvgIpc) is 2.72. The van der Waals surface area contributed by atoms with Crippen molar-refractivity contribution in [3.63, 3.8) is 0 Å². The van der Waals surface area contributed by atoms with Crippen LogP contribution in [0.1, 0.15) is 52.5 Å². The standard InChI is InChI=1S/C23H28N2O4S/c1-17(19-9-11-21(12-10-19)23(26)24-14-18-15-29-16-18)25-13-5-8-22(30(25,27)28)20-6-3-2-4-7-20/h2-4,6-7,9-12,17-18,22H,5,8,13-16H2,1H3,(H,24,26). The van der Waals surface area contributed by atoms with Crippen molar-refractivity contribution in [3.05, 3.63) is 71.3 Å². The van der Waals surface area contributed by atoms with Crippen LogP contribution in [0.15, 0.2) is 54.6 Å². The van der Waals surface area contributed by atoms with E-state index in [1.807, 2.05) is 49.4 Å². The molecule has 2 fully saturated rings. The van der Waals surface area contributed by atoms with Gasteiger partial charge < -0.3 is 10.1 Å². The van der Waals surface area contributed by atoms with Gasteiger partial charge in [0.2, 0.25) is 10.0 Å². The molecule has 30 heavy (non-hydrogen) atoms. The van der Waals surface area contributed by atoms with Crippen LogP contribution in [-0.2, 0) is 14.8 Å². The first-order valence-corrected chi connectivity index (χ1v) is 12.0. The Bertz CT molecular complexity index is 972. The lowest BCUT2D eigenvalue weighted by atomic mass is 10.0. The van der Waals surface area contributed by atoms with Crippen molar-refractivity contribution in [1.82, 2.24) is 9.62 Å². The van der Waals surface area contributed by atoms with Crippen LogP contribution in [0.5, 0.6) is 0 Å². The molecule has 0 bridgehead atoms. The van der Waals surface area contributed by atoms with E-state index in [0.29, 0.717) is 44.2 Å². The molecule has 1 N–H and O–H groups in total. The third kappa shape index (κ3) is 4.29. The summed E-state index contributed by atoms with van der Waals surface area (Å²) >= 11 is 0. The van der Waals surface area contributed by atoms with Gasteiger partial charge in [-0.3, -0.25) is 4.79 Å². The molecular weight excluding hydrogens is 400 g/mol. The molecule has 7 heteroatoms. The fourth-order valence-electron chi connectivity index (χ4n) is 4.11. The zero-order chi connectivity index (χ0) is 21.1. The van der Waals surface area contributed by atoms with Crippen molar-refractivity contribution < 1.29 is 17.9 Å². The van der Waals surface area contributed by atoms with Crippen molar-refractivity contribution in [1.29, 1.82) is 0 Å². The summed E-state index contributed by atoms with van der Waals surface area (Å²) in [6.07, 6.45) is 1.47. The number of nitrogens with one attached hydrogen (secondary N) is 1. The molecule has 2 aromatic rings. The van der Waals surface area contributed by atoms with Gasteiger partial charge in [-0.15, -0.1) is 0 Å². The molecular formula is C23H28N2O4S. The molecule has 2 aliphatic rings. The van der Waals surface area contributed by atoms with Crippen LogP contribution in [0.3, 0.4) is 0 Å². The summed E-state index contributed by atoms with van der Waals surface area (Å²) in [5.41, 5.74) is 2.31. The van der Waals surface area contributed by atoms with Gasteiger partial charge in [-0.1, -0.05) is 42.5 Å². The number of rotatable bonds is 6. The van der Waals surface area contributed by atoms with Crippen LogP contribution in [0.4, 0.5) is 0 Å². The second-order valence-corrected chi connectivity index (χ2v) is 10.2. The third-order valence-corrected chi connectivity index (χ3v) is 8.43. The highest BCUT2D eigenvalue weighted by Crippen LogP contribution is 2.38. The lowest BCUT2D eigenvalue weighted by molar-refractivity contribution is -0.0298. The molecule has 0 saturated carbocycles. The highest BCUT2D eigenvalue weighted by Gasteiger charge is 2.39. The number of amides is 1. The van der Waals surface area contributed by atoms with Crippen molar-refractivity contribution in [3.8, 4) is 0 Å². The maximum absolute atomic E-state index is 13.3. The van der Waals surface area contributed by atoms with E-state index in [1.54, 1.807) is 16.4 Å². The van der Waals surface area contributed by atoms with Crippen molar-refractivity contribution in [2.24, 2.45) is 5.92 Å². The number of ether oxygens (including phenoxy) is 1. The van der Waals surface area contributed by atoms with Crippen molar-refractivity contribution in [2.45, 2.75) is 31.1 Å². The predicted molar refractivity (Wildman–Crippen MR) is 116 cm³/mol. The minimum Gasteiger partial charge on any atom is -0.381 e. The van der Waals surface area contributed by atoms with Gasteiger partial charge in [-0.2, -0.15) is 4.31 Å². The third-order valence-electron chi connectivity index (χ3n) is 6.05. The lowest BCUT2D eigenvalue weighted by Crippen LogP contribution is -2.41. The topological polar surface area (TPSA) is 75.7 Å². The molecule has 0 spiro atoms. The number of nitrogens with zero attached hydrogens (tertiary/aromatic N) is 1. The first kappa shape index (κ1) is 21.0. The SMILES string of the molecule is CC(c1ccc(C(=O)NCC2COC2)cc1)N1CCCC(c2ccccc2)S1(=O)=O. The van der Waals surface area contributed by atoms with Gasteiger partial charge in [0.05, 0.1) is 13.2 Å². The Morgan fingerprint density at radius 2 is 1.83 bits per heavy atom. The summed E-state index contributed by atoms with van der Waals surface area (Å²) in [5, 5.41) is 2.42. The zero-order valence-corrected chi connectivity index (χ0v) is 18.0.